The standard InChI is InChI=1S/C15H21Cl2N3O/c1-10-9-11(18)5-7-20(10)8-6-14(21)19-15-12(16)3-2-4-13(15)17/h2-4,10-11H,5-9,18H2,1H3,(H,19,21). The first kappa shape index (κ1) is 16.6. The van der Waals surface area contributed by atoms with Gasteiger partial charge in [-0.3, -0.25) is 4.79 Å². The van der Waals surface area contributed by atoms with Gasteiger partial charge in [-0.2, -0.15) is 0 Å². The maximum absolute atomic E-state index is 12.1. The maximum atomic E-state index is 12.1. The molecule has 1 aliphatic heterocycles. The average Bonchev–Trinajstić information content (AvgIpc) is 2.42. The molecule has 2 atom stereocenters. The van der Waals surface area contributed by atoms with Crippen LogP contribution in [0.1, 0.15) is 26.2 Å². The van der Waals surface area contributed by atoms with Gasteiger partial charge in [0.1, 0.15) is 0 Å². The van der Waals surface area contributed by atoms with Crippen molar-refractivity contribution in [2.75, 3.05) is 18.4 Å². The minimum Gasteiger partial charge on any atom is -0.328 e. The zero-order valence-electron chi connectivity index (χ0n) is 12.1. The fourth-order valence-corrected chi connectivity index (χ4v) is 3.15. The molecule has 2 rings (SSSR count). The minimum atomic E-state index is -0.0768. The molecular weight excluding hydrogens is 309 g/mol. The SMILES string of the molecule is CC1CC(N)CCN1CCC(=O)Nc1c(Cl)cccc1Cl. The van der Waals surface area contributed by atoms with Gasteiger partial charge in [-0.25, -0.2) is 0 Å². The summed E-state index contributed by atoms with van der Waals surface area (Å²) >= 11 is 12.1. The van der Waals surface area contributed by atoms with Crippen LogP contribution in [0.15, 0.2) is 18.2 Å². The lowest BCUT2D eigenvalue weighted by Gasteiger charge is -2.36. The van der Waals surface area contributed by atoms with E-state index in [1.165, 1.54) is 0 Å². The van der Waals surface area contributed by atoms with Crippen LogP contribution in [0.3, 0.4) is 0 Å². The van der Waals surface area contributed by atoms with E-state index in [-0.39, 0.29) is 11.9 Å². The van der Waals surface area contributed by atoms with Crippen LogP contribution in [-0.4, -0.2) is 36.0 Å². The molecule has 0 bridgehead atoms. The van der Waals surface area contributed by atoms with E-state index in [1.54, 1.807) is 18.2 Å². The van der Waals surface area contributed by atoms with Crippen LogP contribution < -0.4 is 11.1 Å². The van der Waals surface area contributed by atoms with E-state index in [2.05, 4.69) is 17.1 Å². The molecule has 1 heterocycles. The normalized spacial score (nSPS) is 23.0. The summed E-state index contributed by atoms with van der Waals surface area (Å²) in [6.07, 6.45) is 2.39. The van der Waals surface area contributed by atoms with E-state index in [0.29, 0.717) is 28.2 Å². The van der Waals surface area contributed by atoms with E-state index in [9.17, 15) is 4.79 Å². The lowest BCUT2D eigenvalue weighted by Crippen LogP contribution is -2.46. The number of nitrogens with zero attached hydrogens (tertiary/aromatic N) is 1. The summed E-state index contributed by atoms with van der Waals surface area (Å²) in [5.41, 5.74) is 6.43. The van der Waals surface area contributed by atoms with Gasteiger partial charge in [-0.15, -0.1) is 0 Å². The average molecular weight is 330 g/mol. The molecular formula is C15H21Cl2N3O. The zero-order valence-corrected chi connectivity index (χ0v) is 13.6. The molecule has 0 radical (unpaired) electrons. The van der Waals surface area contributed by atoms with Crippen molar-refractivity contribution in [3.05, 3.63) is 28.2 Å². The monoisotopic (exact) mass is 329 g/mol. The number of carbonyl (C=O) groups excluding carboxylic acids is 1. The van der Waals surface area contributed by atoms with Crippen LogP contribution in [0.4, 0.5) is 5.69 Å². The van der Waals surface area contributed by atoms with Crippen LogP contribution in [0.5, 0.6) is 0 Å². The van der Waals surface area contributed by atoms with Crippen LogP contribution in [-0.2, 0) is 4.79 Å². The number of piperidine rings is 1. The second-order valence-electron chi connectivity index (χ2n) is 5.56. The Morgan fingerprint density at radius 2 is 2.10 bits per heavy atom. The number of benzene rings is 1. The third-order valence-electron chi connectivity index (χ3n) is 3.91. The number of rotatable bonds is 4. The Hall–Kier alpha value is -0.810. The summed E-state index contributed by atoms with van der Waals surface area (Å²) in [5, 5.41) is 3.69. The number of carbonyl (C=O) groups is 1. The first-order chi connectivity index (χ1) is 9.97. The van der Waals surface area contributed by atoms with Crippen molar-refractivity contribution in [1.82, 2.24) is 4.90 Å². The molecule has 21 heavy (non-hydrogen) atoms. The third-order valence-corrected chi connectivity index (χ3v) is 4.54. The minimum absolute atomic E-state index is 0.0768. The van der Waals surface area contributed by atoms with Crippen LogP contribution in [0, 0.1) is 0 Å². The van der Waals surface area contributed by atoms with Crippen molar-refractivity contribution in [2.24, 2.45) is 5.73 Å². The second-order valence-corrected chi connectivity index (χ2v) is 6.38. The van der Waals surface area contributed by atoms with Crippen molar-refractivity contribution in [1.29, 1.82) is 0 Å². The van der Waals surface area contributed by atoms with Crippen molar-refractivity contribution in [3.8, 4) is 0 Å². The highest BCUT2D eigenvalue weighted by Crippen LogP contribution is 2.29. The Labute approximate surface area is 135 Å². The van der Waals surface area contributed by atoms with Crippen molar-refractivity contribution >= 4 is 34.8 Å². The molecule has 0 saturated carbocycles. The number of para-hydroxylation sites is 1. The van der Waals surface area contributed by atoms with Crippen LogP contribution in [0.25, 0.3) is 0 Å². The molecule has 116 valence electrons. The van der Waals surface area contributed by atoms with Crippen LogP contribution >= 0.6 is 23.2 Å². The van der Waals surface area contributed by atoms with Crippen molar-refractivity contribution in [2.45, 2.75) is 38.3 Å². The van der Waals surface area contributed by atoms with Crippen LogP contribution in [0.2, 0.25) is 10.0 Å². The number of hydrogen-bond donors (Lipinski definition) is 2. The summed E-state index contributed by atoms with van der Waals surface area (Å²) in [7, 11) is 0. The molecule has 1 aromatic rings. The Kier molecular flexibility index (Phi) is 5.88. The number of nitrogens with one attached hydrogen (secondary N) is 1. The predicted octanol–water partition coefficient (Wildman–Crippen LogP) is 3.13. The molecule has 6 heteroatoms. The first-order valence-corrected chi connectivity index (χ1v) is 7.96. The number of halogens is 2. The second kappa shape index (κ2) is 7.45. The summed E-state index contributed by atoms with van der Waals surface area (Å²) in [6.45, 7) is 3.83. The lowest BCUT2D eigenvalue weighted by atomic mass is 9.99. The predicted molar refractivity (Wildman–Crippen MR) is 88.0 cm³/mol. The van der Waals surface area contributed by atoms with Gasteiger partial charge >= 0.3 is 0 Å². The molecule has 0 aromatic heterocycles. The Balaban J connectivity index is 1.85. The van der Waals surface area contributed by atoms with E-state index in [4.69, 9.17) is 28.9 Å². The van der Waals surface area contributed by atoms with Gasteiger partial charge in [0.05, 0.1) is 15.7 Å². The molecule has 1 amide bonds. The van der Waals surface area contributed by atoms with Gasteiger partial charge in [0.25, 0.3) is 0 Å². The highest BCUT2D eigenvalue weighted by molar-refractivity contribution is 6.39. The molecule has 0 spiro atoms. The quantitative estimate of drug-likeness (QED) is 0.892. The molecule has 2 unspecified atom stereocenters. The molecule has 3 N–H and O–H groups in total. The topological polar surface area (TPSA) is 58.4 Å². The summed E-state index contributed by atoms with van der Waals surface area (Å²) < 4.78 is 0. The summed E-state index contributed by atoms with van der Waals surface area (Å²) in [5.74, 6) is -0.0768. The third kappa shape index (κ3) is 4.58. The first-order valence-electron chi connectivity index (χ1n) is 7.21. The molecule has 1 aliphatic rings. The Morgan fingerprint density at radius 3 is 2.71 bits per heavy atom. The number of amides is 1. The number of likely N-dealkylation sites (tertiary alicyclic amines) is 1. The molecule has 1 saturated heterocycles. The highest BCUT2D eigenvalue weighted by Gasteiger charge is 2.23. The molecule has 4 nitrogen and oxygen atoms in total. The largest absolute Gasteiger partial charge is 0.328 e. The molecule has 0 aliphatic carbocycles. The molecule has 1 aromatic carbocycles. The number of anilines is 1. The van der Waals surface area contributed by atoms with Crippen molar-refractivity contribution < 1.29 is 4.79 Å². The van der Waals surface area contributed by atoms with Gasteiger partial charge in [-0.05, 0) is 38.4 Å². The fourth-order valence-electron chi connectivity index (χ4n) is 2.65. The Morgan fingerprint density at radius 1 is 1.43 bits per heavy atom. The number of hydrogen-bond acceptors (Lipinski definition) is 3. The highest BCUT2D eigenvalue weighted by atomic mass is 35.5. The maximum Gasteiger partial charge on any atom is 0.225 e. The van der Waals surface area contributed by atoms with Gasteiger partial charge in [0.2, 0.25) is 5.91 Å². The zero-order chi connectivity index (χ0) is 15.4. The smallest absolute Gasteiger partial charge is 0.225 e. The fraction of sp³-hybridized carbons (Fsp3) is 0.533. The summed E-state index contributed by atoms with van der Waals surface area (Å²) in [4.78, 5) is 14.4. The van der Waals surface area contributed by atoms with Gasteiger partial charge in [0, 0.05) is 25.0 Å². The van der Waals surface area contributed by atoms with E-state index >= 15 is 0 Å². The Bertz CT molecular complexity index is 489. The molecule has 1 fully saturated rings. The van der Waals surface area contributed by atoms with Gasteiger partial charge < -0.3 is 16.0 Å². The van der Waals surface area contributed by atoms with E-state index < -0.39 is 0 Å². The lowest BCUT2D eigenvalue weighted by molar-refractivity contribution is -0.116. The van der Waals surface area contributed by atoms with Crippen molar-refractivity contribution in [3.63, 3.8) is 0 Å². The van der Waals surface area contributed by atoms with Gasteiger partial charge in [-0.1, -0.05) is 29.3 Å². The van der Waals surface area contributed by atoms with E-state index in [1.807, 2.05) is 0 Å². The van der Waals surface area contributed by atoms with Gasteiger partial charge in [0.15, 0.2) is 0 Å². The number of nitrogens with two attached hydrogens (primary N) is 1. The summed E-state index contributed by atoms with van der Waals surface area (Å²) in [6, 6.07) is 5.87. The van der Waals surface area contributed by atoms with E-state index in [0.717, 1.165) is 25.9 Å².